The van der Waals surface area contributed by atoms with Crippen LogP contribution in [0.3, 0.4) is 0 Å². The summed E-state index contributed by atoms with van der Waals surface area (Å²) in [6.45, 7) is 5.73. The second-order valence-electron chi connectivity index (χ2n) is 6.23. The Hall–Kier alpha value is -1.40. The van der Waals surface area contributed by atoms with E-state index in [1.54, 1.807) is 0 Å². The predicted octanol–water partition coefficient (Wildman–Crippen LogP) is 1.31. The first-order valence-electron chi connectivity index (χ1n) is 7.99. The van der Waals surface area contributed by atoms with E-state index in [1.807, 2.05) is 18.2 Å². The van der Waals surface area contributed by atoms with E-state index in [0.29, 0.717) is 6.54 Å². The number of hydrogen-bond acceptors (Lipinski definition) is 5. The van der Waals surface area contributed by atoms with Crippen LogP contribution in [0.2, 0.25) is 0 Å². The smallest absolute Gasteiger partial charge is 0.134 e. The summed E-state index contributed by atoms with van der Waals surface area (Å²) < 4.78 is 11.3. The van der Waals surface area contributed by atoms with Crippen LogP contribution in [0.15, 0.2) is 34.7 Å². The fourth-order valence-electron chi connectivity index (χ4n) is 3.58. The number of aliphatic hydroxyl groups excluding tert-OH is 1. The van der Waals surface area contributed by atoms with Crippen molar-refractivity contribution < 1.29 is 14.3 Å². The molecule has 4 rings (SSSR count). The van der Waals surface area contributed by atoms with E-state index in [0.717, 1.165) is 56.1 Å². The number of rotatable bonds is 3. The Balaban J connectivity index is 1.43. The lowest BCUT2D eigenvalue weighted by atomic mass is 10.2. The van der Waals surface area contributed by atoms with Gasteiger partial charge in [-0.1, -0.05) is 18.2 Å². The van der Waals surface area contributed by atoms with Crippen LogP contribution in [0.5, 0.6) is 0 Å². The lowest BCUT2D eigenvalue weighted by Crippen LogP contribution is -2.48. The number of benzene rings is 1. The molecule has 118 valence electrons. The summed E-state index contributed by atoms with van der Waals surface area (Å²) in [6.07, 6.45) is -0.289. The number of morpholine rings is 1. The van der Waals surface area contributed by atoms with E-state index in [2.05, 4.69) is 21.9 Å². The lowest BCUT2D eigenvalue weighted by Gasteiger charge is -2.33. The monoisotopic (exact) mass is 302 g/mol. The van der Waals surface area contributed by atoms with E-state index < -0.39 is 0 Å². The second-order valence-corrected chi connectivity index (χ2v) is 6.23. The largest absolute Gasteiger partial charge is 0.460 e. The maximum atomic E-state index is 10.4. The van der Waals surface area contributed by atoms with Crippen LogP contribution in [-0.4, -0.2) is 66.4 Å². The van der Waals surface area contributed by atoms with Crippen LogP contribution >= 0.6 is 0 Å². The molecular weight excluding hydrogens is 280 g/mol. The van der Waals surface area contributed by atoms with E-state index in [4.69, 9.17) is 9.15 Å². The van der Waals surface area contributed by atoms with E-state index in [-0.39, 0.29) is 12.1 Å². The van der Waals surface area contributed by atoms with Gasteiger partial charge in [0.05, 0.1) is 25.9 Å². The van der Waals surface area contributed by atoms with Gasteiger partial charge in [0.25, 0.3) is 0 Å². The van der Waals surface area contributed by atoms with Crippen molar-refractivity contribution in [3.63, 3.8) is 0 Å². The Bertz CT molecular complexity index is 603. The molecule has 0 radical (unpaired) electrons. The van der Waals surface area contributed by atoms with Gasteiger partial charge < -0.3 is 14.3 Å². The highest BCUT2D eigenvalue weighted by molar-refractivity contribution is 5.77. The zero-order chi connectivity index (χ0) is 14.9. The normalized spacial score (nSPS) is 27.7. The second kappa shape index (κ2) is 6.01. The van der Waals surface area contributed by atoms with Gasteiger partial charge in [-0.2, -0.15) is 0 Å². The molecule has 5 nitrogen and oxygen atoms in total. The fraction of sp³-hybridized carbons (Fsp3) is 0.529. The molecule has 0 aliphatic carbocycles. The molecule has 22 heavy (non-hydrogen) atoms. The SMILES string of the molecule is O[C@@H]1CN(Cc2cc3ccccc3o2)C[C@H]1N1CCOCC1. The summed E-state index contributed by atoms with van der Waals surface area (Å²) in [6, 6.07) is 10.4. The maximum Gasteiger partial charge on any atom is 0.134 e. The van der Waals surface area contributed by atoms with Gasteiger partial charge in [0.15, 0.2) is 0 Å². The topological polar surface area (TPSA) is 49.1 Å². The first-order chi connectivity index (χ1) is 10.8. The molecule has 0 saturated carbocycles. The van der Waals surface area contributed by atoms with Gasteiger partial charge in [0.1, 0.15) is 11.3 Å². The first-order valence-corrected chi connectivity index (χ1v) is 7.99. The van der Waals surface area contributed by atoms with E-state index in [1.165, 1.54) is 0 Å². The molecule has 2 fully saturated rings. The zero-order valence-electron chi connectivity index (χ0n) is 12.6. The molecule has 0 unspecified atom stereocenters. The maximum absolute atomic E-state index is 10.4. The van der Waals surface area contributed by atoms with Gasteiger partial charge >= 0.3 is 0 Å². The van der Waals surface area contributed by atoms with E-state index >= 15 is 0 Å². The fourth-order valence-corrected chi connectivity index (χ4v) is 3.58. The van der Waals surface area contributed by atoms with Crippen LogP contribution < -0.4 is 0 Å². The van der Waals surface area contributed by atoms with Crippen LogP contribution in [0.4, 0.5) is 0 Å². The molecule has 1 aromatic carbocycles. The molecule has 2 aromatic rings. The predicted molar refractivity (Wildman–Crippen MR) is 83.7 cm³/mol. The molecule has 0 bridgehead atoms. The molecule has 2 aliphatic rings. The number of para-hydroxylation sites is 1. The van der Waals surface area contributed by atoms with Crippen molar-refractivity contribution in [1.29, 1.82) is 0 Å². The van der Waals surface area contributed by atoms with Crippen LogP contribution in [0.25, 0.3) is 11.0 Å². The molecule has 1 aromatic heterocycles. The quantitative estimate of drug-likeness (QED) is 0.926. The zero-order valence-corrected chi connectivity index (χ0v) is 12.6. The first kappa shape index (κ1) is 14.2. The van der Waals surface area contributed by atoms with Gasteiger partial charge in [-0.05, 0) is 12.1 Å². The highest BCUT2D eigenvalue weighted by Crippen LogP contribution is 2.23. The Morgan fingerprint density at radius 1 is 1.14 bits per heavy atom. The molecule has 0 spiro atoms. The summed E-state index contributed by atoms with van der Waals surface area (Å²) in [4.78, 5) is 4.63. The molecule has 1 N–H and O–H groups in total. The molecular formula is C17H22N2O3. The minimum atomic E-state index is -0.289. The van der Waals surface area contributed by atoms with Crippen molar-refractivity contribution in [2.45, 2.75) is 18.7 Å². The van der Waals surface area contributed by atoms with Crippen molar-refractivity contribution >= 4 is 11.0 Å². The third-order valence-electron chi connectivity index (χ3n) is 4.71. The average molecular weight is 302 g/mol. The molecule has 2 saturated heterocycles. The van der Waals surface area contributed by atoms with E-state index in [9.17, 15) is 5.11 Å². The Kier molecular flexibility index (Phi) is 3.88. The average Bonchev–Trinajstić information content (AvgIpc) is 3.11. The standard InChI is InChI=1S/C17H22N2O3/c20-16-12-18(11-15(16)19-5-7-21-8-6-19)10-14-9-13-3-1-2-4-17(13)22-14/h1-4,9,15-16,20H,5-8,10-12H2/t15-,16-/m1/s1. The summed E-state index contributed by atoms with van der Waals surface area (Å²) in [7, 11) is 0. The minimum absolute atomic E-state index is 0.216. The molecule has 5 heteroatoms. The Labute approximate surface area is 130 Å². The number of aliphatic hydroxyl groups is 1. The van der Waals surface area contributed by atoms with Crippen LogP contribution in [0, 0.1) is 0 Å². The highest BCUT2D eigenvalue weighted by atomic mass is 16.5. The van der Waals surface area contributed by atoms with Gasteiger partial charge in [-0.15, -0.1) is 0 Å². The molecule has 2 aliphatic heterocycles. The van der Waals surface area contributed by atoms with Crippen molar-refractivity contribution in [1.82, 2.24) is 9.80 Å². The number of nitrogens with zero attached hydrogens (tertiary/aromatic N) is 2. The number of fused-ring (bicyclic) bond motifs is 1. The van der Waals surface area contributed by atoms with Gasteiger partial charge in [0.2, 0.25) is 0 Å². The van der Waals surface area contributed by atoms with Crippen molar-refractivity contribution in [2.24, 2.45) is 0 Å². The Morgan fingerprint density at radius 2 is 1.95 bits per heavy atom. The summed E-state index contributed by atoms with van der Waals surface area (Å²) >= 11 is 0. The summed E-state index contributed by atoms with van der Waals surface area (Å²) in [5.74, 6) is 0.969. The number of hydrogen-bond donors (Lipinski definition) is 1. The van der Waals surface area contributed by atoms with Gasteiger partial charge in [-0.3, -0.25) is 9.80 Å². The van der Waals surface area contributed by atoms with Gasteiger partial charge in [0, 0.05) is 37.6 Å². The molecule has 2 atom stereocenters. The van der Waals surface area contributed by atoms with Crippen LogP contribution in [-0.2, 0) is 11.3 Å². The number of furan rings is 1. The number of β-amino-alcohol motifs (C(OH)–C–C–N with tert-alkyl or cyclic N) is 1. The van der Waals surface area contributed by atoms with Crippen LogP contribution in [0.1, 0.15) is 5.76 Å². The third-order valence-corrected chi connectivity index (χ3v) is 4.71. The Morgan fingerprint density at radius 3 is 2.77 bits per heavy atom. The minimum Gasteiger partial charge on any atom is -0.460 e. The van der Waals surface area contributed by atoms with Crippen molar-refractivity contribution in [2.75, 3.05) is 39.4 Å². The summed E-state index contributed by atoms with van der Waals surface area (Å²) in [5.41, 5.74) is 0.932. The molecule has 0 amide bonds. The van der Waals surface area contributed by atoms with Crippen molar-refractivity contribution in [3.05, 3.63) is 36.1 Å². The number of ether oxygens (including phenoxy) is 1. The summed E-state index contributed by atoms with van der Waals surface area (Å²) in [5, 5.41) is 11.5. The van der Waals surface area contributed by atoms with Crippen molar-refractivity contribution in [3.8, 4) is 0 Å². The highest BCUT2D eigenvalue weighted by Gasteiger charge is 2.36. The third kappa shape index (κ3) is 2.77. The number of likely N-dealkylation sites (tertiary alicyclic amines) is 1. The molecule has 3 heterocycles. The lowest BCUT2D eigenvalue weighted by molar-refractivity contribution is -0.00619. The van der Waals surface area contributed by atoms with Gasteiger partial charge in [-0.25, -0.2) is 0 Å².